The standard InChI is InChI=1S/C13H20N4/c1-11-4-3-7-17(8-11)10-13-12(5-6-14)9-16(2)15-13/h9,11H,3-5,7-8,10H2,1-2H3. The first kappa shape index (κ1) is 12.1. The second-order valence-electron chi connectivity index (χ2n) is 5.09. The van der Waals surface area contributed by atoms with Crippen LogP contribution >= 0.6 is 0 Å². The molecule has 2 heterocycles. The van der Waals surface area contributed by atoms with Gasteiger partial charge in [-0.2, -0.15) is 10.4 Å². The van der Waals surface area contributed by atoms with Crippen LogP contribution in [0.4, 0.5) is 0 Å². The molecule has 2 rings (SSSR count). The number of nitriles is 1. The molecule has 0 aromatic carbocycles. The SMILES string of the molecule is CC1CCCN(Cc2nn(C)cc2CC#N)C1. The molecular formula is C13H20N4. The fourth-order valence-electron chi connectivity index (χ4n) is 2.59. The quantitative estimate of drug-likeness (QED) is 0.797. The summed E-state index contributed by atoms with van der Waals surface area (Å²) in [7, 11) is 1.92. The highest BCUT2D eigenvalue weighted by Crippen LogP contribution is 2.18. The summed E-state index contributed by atoms with van der Waals surface area (Å²) in [6.07, 6.45) is 5.05. The van der Waals surface area contributed by atoms with Crippen molar-refractivity contribution in [2.24, 2.45) is 13.0 Å². The van der Waals surface area contributed by atoms with E-state index in [0.29, 0.717) is 6.42 Å². The van der Waals surface area contributed by atoms with Gasteiger partial charge in [0.2, 0.25) is 0 Å². The Bertz CT molecular complexity index is 416. The Labute approximate surface area is 103 Å². The highest BCUT2D eigenvalue weighted by molar-refractivity contribution is 5.20. The van der Waals surface area contributed by atoms with E-state index in [0.717, 1.165) is 36.8 Å². The molecule has 0 spiro atoms. The van der Waals surface area contributed by atoms with Crippen LogP contribution in [0.5, 0.6) is 0 Å². The van der Waals surface area contributed by atoms with Gasteiger partial charge in [0.25, 0.3) is 0 Å². The summed E-state index contributed by atoms with van der Waals surface area (Å²) in [5.74, 6) is 0.784. The molecule has 4 heteroatoms. The summed E-state index contributed by atoms with van der Waals surface area (Å²) >= 11 is 0. The average Bonchev–Trinajstić information content (AvgIpc) is 2.59. The molecule has 0 radical (unpaired) electrons. The van der Waals surface area contributed by atoms with Gasteiger partial charge in [0.05, 0.1) is 18.2 Å². The Morgan fingerprint density at radius 1 is 1.59 bits per heavy atom. The summed E-state index contributed by atoms with van der Waals surface area (Å²) in [5, 5.41) is 13.3. The second-order valence-corrected chi connectivity index (χ2v) is 5.09. The lowest BCUT2D eigenvalue weighted by atomic mass is 10.00. The van der Waals surface area contributed by atoms with Gasteiger partial charge < -0.3 is 0 Å². The van der Waals surface area contributed by atoms with Crippen molar-refractivity contribution in [2.75, 3.05) is 13.1 Å². The van der Waals surface area contributed by atoms with Crippen LogP contribution in [0.1, 0.15) is 31.0 Å². The maximum Gasteiger partial charge on any atom is 0.0807 e. The Hall–Kier alpha value is -1.34. The molecule has 1 saturated heterocycles. The molecule has 0 N–H and O–H groups in total. The minimum Gasteiger partial charge on any atom is -0.297 e. The van der Waals surface area contributed by atoms with E-state index in [2.05, 4.69) is 23.0 Å². The fourth-order valence-corrected chi connectivity index (χ4v) is 2.59. The van der Waals surface area contributed by atoms with E-state index in [4.69, 9.17) is 5.26 Å². The number of aromatic nitrogens is 2. The van der Waals surface area contributed by atoms with Crippen LogP contribution in [-0.4, -0.2) is 27.8 Å². The first-order chi connectivity index (χ1) is 8.19. The van der Waals surface area contributed by atoms with E-state index >= 15 is 0 Å². The lowest BCUT2D eigenvalue weighted by Gasteiger charge is -2.30. The zero-order valence-electron chi connectivity index (χ0n) is 10.7. The molecule has 1 fully saturated rings. The molecule has 1 aliphatic heterocycles. The molecule has 1 atom stereocenters. The van der Waals surface area contributed by atoms with Crippen LogP contribution in [0.2, 0.25) is 0 Å². The highest BCUT2D eigenvalue weighted by atomic mass is 15.3. The number of piperidine rings is 1. The van der Waals surface area contributed by atoms with Gasteiger partial charge in [-0.25, -0.2) is 0 Å². The van der Waals surface area contributed by atoms with Gasteiger partial charge in [0.15, 0.2) is 0 Å². The van der Waals surface area contributed by atoms with Crippen molar-refractivity contribution in [1.82, 2.24) is 14.7 Å². The monoisotopic (exact) mass is 232 g/mol. The highest BCUT2D eigenvalue weighted by Gasteiger charge is 2.18. The molecule has 1 unspecified atom stereocenters. The summed E-state index contributed by atoms with van der Waals surface area (Å²) < 4.78 is 1.81. The molecule has 4 nitrogen and oxygen atoms in total. The predicted octanol–water partition coefficient (Wildman–Crippen LogP) is 1.72. The van der Waals surface area contributed by atoms with Crippen LogP contribution in [0.25, 0.3) is 0 Å². The third-order valence-electron chi connectivity index (χ3n) is 3.38. The Balaban J connectivity index is 2.04. The third kappa shape index (κ3) is 3.07. The Morgan fingerprint density at radius 3 is 3.12 bits per heavy atom. The minimum atomic E-state index is 0.465. The van der Waals surface area contributed by atoms with Crippen LogP contribution in [0, 0.1) is 17.2 Å². The number of hydrogen-bond donors (Lipinski definition) is 0. The molecule has 0 saturated carbocycles. The lowest BCUT2D eigenvalue weighted by molar-refractivity contribution is 0.174. The van der Waals surface area contributed by atoms with Crippen molar-refractivity contribution in [2.45, 2.75) is 32.7 Å². The van der Waals surface area contributed by atoms with Crippen molar-refractivity contribution < 1.29 is 0 Å². The van der Waals surface area contributed by atoms with E-state index in [1.165, 1.54) is 12.8 Å². The molecule has 0 bridgehead atoms. The summed E-state index contributed by atoms with van der Waals surface area (Å²) in [4.78, 5) is 2.46. The molecular weight excluding hydrogens is 212 g/mol. The van der Waals surface area contributed by atoms with Crippen molar-refractivity contribution in [3.05, 3.63) is 17.5 Å². The molecule has 92 valence electrons. The van der Waals surface area contributed by atoms with Gasteiger partial charge in [-0.15, -0.1) is 0 Å². The number of aryl methyl sites for hydroxylation is 1. The topological polar surface area (TPSA) is 44.9 Å². The average molecular weight is 232 g/mol. The zero-order valence-corrected chi connectivity index (χ0v) is 10.7. The number of nitrogens with zero attached hydrogens (tertiary/aromatic N) is 4. The van der Waals surface area contributed by atoms with Gasteiger partial charge in [-0.3, -0.25) is 9.58 Å². The molecule has 1 aliphatic rings. The largest absolute Gasteiger partial charge is 0.297 e. The van der Waals surface area contributed by atoms with E-state index in [1.54, 1.807) is 0 Å². The van der Waals surface area contributed by atoms with Crippen LogP contribution in [-0.2, 0) is 20.0 Å². The third-order valence-corrected chi connectivity index (χ3v) is 3.38. The minimum absolute atomic E-state index is 0.465. The van der Waals surface area contributed by atoms with Crippen LogP contribution in [0.15, 0.2) is 6.20 Å². The smallest absolute Gasteiger partial charge is 0.0807 e. The molecule has 17 heavy (non-hydrogen) atoms. The van der Waals surface area contributed by atoms with E-state index in [1.807, 2.05) is 17.9 Å². The van der Waals surface area contributed by atoms with Crippen LogP contribution < -0.4 is 0 Å². The summed E-state index contributed by atoms with van der Waals surface area (Å²) in [6, 6.07) is 2.21. The van der Waals surface area contributed by atoms with E-state index < -0.39 is 0 Å². The molecule has 1 aromatic rings. The van der Waals surface area contributed by atoms with Gasteiger partial charge in [0.1, 0.15) is 0 Å². The van der Waals surface area contributed by atoms with Gasteiger partial charge in [-0.05, 0) is 25.3 Å². The van der Waals surface area contributed by atoms with Crippen molar-refractivity contribution in [3.63, 3.8) is 0 Å². The molecule has 1 aromatic heterocycles. The van der Waals surface area contributed by atoms with Crippen molar-refractivity contribution >= 4 is 0 Å². The summed E-state index contributed by atoms with van der Waals surface area (Å²) in [5.41, 5.74) is 2.15. The predicted molar refractivity (Wildman–Crippen MR) is 66.2 cm³/mol. The molecule has 0 amide bonds. The maximum atomic E-state index is 8.80. The van der Waals surface area contributed by atoms with E-state index in [9.17, 15) is 0 Å². The normalized spacial score (nSPS) is 21.4. The number of likely N-dealkylation sites (tertiary alicyclic amines) is 1. The maximum absolute atomic E-state index is 8.80. The fraction of sp³-hybridized carbons (Fsp3) is 0.692. The van der Waals surface area contributed by atoms with Gasteiger partial charge in [0, 0.05) is 31.9 Å². The zero-order chi connectivity index (χ0) is 12.3. The van der Waals surface area contributed by atoms with Crippen LogP contribution in [0.3, 0.4) is 0 Å². The first-order valence-electron chi connectivity index (χ1n) is 6.29. The number of hydrogen-bond acceptors (Lipinski definition) is 3. The summed E-state index contributed by atoms with van der Waals surface area (Å²) in [6.45, 7) is 5.51. The first-order valence-corrected chi connectivity index (χ1v) is 6.29. The second kappa shape index (κ2) is 5.33. The van der Waals surface area contributed by atoms with Crippen molar-refractivity contribution in [1.29, 1.82) is 5.26 Å². The molecule has 0 aliphatic carbocycles. The number of rotatable bonds is 3. The van der Waals surface area contributed by atoms with Gasteiger partial charge in [-0.1, -0.05) is 6.92 Å². The lowest BCUT2D eigenvalue weighted by Crippen LogP contribution is -2.34. The Morgan fingerprint density at radius 2 is 2.41 bits per heavy atom. The van der Waals surface area contributed by atoms with Gasteiger partial charge >= 0.3 is 0 Å². The van der Waals surface area contributed by atoms with Crippen molar-refractivity contribution in [3.8, 4) is 6.07 Å². The Kier molecular flexibility index (Phi) is 3.80. The van der Waals surface area contributed by atoms with E-state index in [-0.39, 0.29) is 0 Å².